The Hall–Kier alpha value is -2.66. The molecule has 3 rings (SSSR count). The van der Waals surface area contributed by atoms with Gasteiger partial charge in [-0.25, -0.2) is 4.98 Å². The van der Waals surface area contributed by atoms with Gasteiger partial charge in [0.25, 0.3) is 0 Å². The molecule has 0 aliphatic carbocycles. The van der Waals surface area contributed by atoms with Gasteiger partial charge in [-0.2, -0.15) is 0 Å². The molecule has 2 aromatic carbocycles. The molecule has 0 radical (unpaired) electrons. The molecule has 5 heteroatoms. The summed E-state index contributed by atoms with van der Waals surface area (Å²) >= 11 is 0. The summed E-state index contributed by atoms with van der Waals surface area (Å²) in [7, 11) is 0. The van der Waals surface area contributed by atoms with Crippen LogP contribution in [0, 0.1) is 5.41 Å². The Bertz CT molecular complexity index is 875. The lowest BCUT2D eigenvalue weighted by Gasteiger charge is -2.25. The summed E-state index contributed by atoms with van der Waals surface area (Å²) in [6, 6.07) is 15.6. The van der Waals surface area contributed by atoms with Crippen molar-refractivity contribution < 1.29 is 4.79 Å². The van der Waals surface area contributed by atoms with Crippen LogP contribution in [0.2, 0.25) is 0 Å². The third kappa shape index (κ3) is 3.72. The molecule has 5 nitrogen and oxygen atoms in total. The first-order valence-electron chi connectivity index (χ1n) is 8.41. The fourth-order valence-corrected chi connectivity index (χ4v) is 2.63. The number of nitrogens with two attached hydrogens (primary N) is 1. The number of nitrogens with zero attached hydrogens (tertiary/aromatic N) is 2. The van der Waals surface area contributed by atoms with E-state index in [1.807, 2.05) is 80.2 Å². The minimum atomic E-state index is -0.524. The molecule has 0 bridgehead atoms. The predicted octanol–water partition coefficient (Wildman–Crippen LogP) is 3.02. The van der Waals surface area contributed by atoms with Crippen LogP contribution in [-0.2, 0) is 11.3 Å². The number of amides is 1. The van der Waals surface area contributed by atoms with E-state index in [4.69, 9.17) is 5.73 Å². The van der Waals surface area contributed by atoms with Crippen molar-refractivity contribution in [1.29, 1.82) is 0 Å². The zero-order valence-corrected chi connectivity index (χ0v) is 14.9. The number of benzene rings is 2. The highest BCUT2D eigenvalue weighted by Gasteiger charge is 2.27. The normalized spacial score (nSPS) is 13.0. The Balaban J connectivity index is 1.70. The molecular formula is C20H24N4O. The Kier molecular flexibility index (Phi) is 4.59. The first-order valence-corrected chi connectivity index (χ1v) is 8.41. The lowest BCUT2D eigenvalue weighted by atomic mass is 9.87. The number of hydrogen-bond donors (Lipinski definition) is 2. The van der Waals surface area contributed by atoms with Crippen molar-refractivity contribution in [3.05, 3.63) is 60.4 Å². The molecule has 1 aromatic heterocycles. The van der Waals surface area contributed by atoms with Gasteiger partial charge in [0.2, 0.25) is 5.91 Å². The van der Waals surface area contributed by atoms with Crippen molar-refractivity contribution in [1.82, 2.24) is 14.9 Å². The molecule has 0 saturated heterocycles. The zero-order valence-electron chi connectivity index (χ0n) is 14.9. The van der Waals surface area contributed by atoms with Crippen molar-refractivity contribution in [2.75, 3.05) is 0 Å². The second kappa shape index (κ2) is 6.69. The summed E-state index contributed by atoms with van der Waals surface area (Å²) in [5.41, 5.74) is 9.83. The van der Waals surface area contributed by atoms with Gasteiger partial charge >= 0.3 is 0 Å². The van der Waals surface area contributed by atoms with Gasteiger partial charge in [-0.05, 0) is 35.2 Å². The van der Waals surface area contributed by atoms with E-state index in [1.165, 1.54) is 0 Å². The number of carbonyl (C=O) groups is 1. The highest BCUT2D eigenvalue weighted by molar-refractivity contribution is 5.82. The molecule has 1 amide bonds. The van der Waals surface area contributed by atoms with Crippen LogP contribution in [0.5, 0.6) is 0 Å². The first-order chi connectivity index (χ1) is 11.9. The monoisotopic (exact) mass is 336 g/mol. The Morgan fingerprint density at radius 2 is 1.84 bits per heavy atom. The molecule has 0 spiro atoms. The second-order valence-electron chi connectivity index (χ2n) is 7.33. The minimum absolute atomic E-state index is 0.128. The van der Waals surface area contributed by atoms with Crippen LogP contribution in [0.15, 0.2) is 54.9 Å². The number of fused-ring (bicyclic) bond motifs is 1. The molecule has 130 valence electrons. The van der Waals surface area contributed by atoms with Crippen LogP contribution in [0.3, 0.4) is 0 Å². The fraction of sp³-hybridized carbons (Fsp3) is 0.300. The lowest BCUT2D eigenvalue weighted by Crippen LogP contribution is -2.48. The van der Waals surface area contributed by atoms with E-state index >= 15 is 0 Å². The molecule has 0 aliphatic rings. The van der Waals surface area contributed by atoms with Crippen LogP contribution in [0.1, 0.15) is 26.3 Å². The van der Waals surface area contributed by atoms with Crippen LogP contribution in [0.4, 0.5) is 0 Å². The third-order valence-corrected chi connectivity index (χ3v) is 4.35. The largest absolute Gasteiger partial charge is 0.351 e. The van der Waals surface area contributed by atoms with Crippen LogP contribution in [-0.4, -0.2) is 21.5 Å². The Morgan fingerprint density at radius 3 is 2.52 bits per heavy atom. The van der Waals surface area contributed by atoms with Crippen molar-refractivity contribution >= 4 is 16.9 Å². The number of aromatic nitrogens is 2. The smallest absolute Gasteiger partial charge is 0.237 e. The summed E-state index contributed by atoms with van der Waals surface area (Å²) in [6.45, 7) is 6.35. The van der Waals surface area contributed by atoms with Gasteiger partial charge in [0.15, 0.2) is 0 Å². The number of imidazole rings is 1. The van der Waals surface area contributed by atoms with Gasteiger partial charge < -0.3 is 11.1 Å². The van der Waals surface area contributed by atoms with E-state index in [1.54, 1.807) is 0 Å². The molecule has 1 atom stereocenters. The second-order valence-corrected chi connectivity index (χ2v) is 7.33. The molecule has 3 aromatic rings. The average molecular weight is 336 g/mol. The van der Waals surface area contributed by atoms with Gasteiger partial charge in [0.05, 0.1) is 17.1 Å². The van der Waals surface area contributed by atoms with E-state index in [2.05, 4.69) is 10.3 Å². The molecule has 0 unspecified atom stereocenters. The van der Waals surface area contributed by atoms with Crippen molar-refractivity contribution in [3.8, 4) is 5.69 Å². The van der Waals surface area contributed by atoms with Crippen LogP contribution < -0.4 is 11.1 Å². The van der Waals surface area contributed by atoms with Gasteiger partial charge in [0, 0.05) is 12.2 Å². The van der Waals surface area contributed by atoms with Crippen molar-refractivity contribution in [2.24, 2.45) is 11.1 Å². The predicted molar refractivity (Wildman–Crippen MR) is 100 cm³/mol. The molecule has 0 saturated carbocycles. The topological polar surface area (TPSA) is 72.9 Å². The maximum Gasteiger partial charge on any atom is 0.237 e. The van der Waals surface area contributed by atoms with E-state index in [0.29, 0.717) is 6.54 Å². The van der Waals surface area contributed by atoms with Crippen molar-refractivity contribution in [3.63, 3.8) is 0 Å². The maximum absolute atomic E-state index is 12.1. The standard InChI is InChI=1S/C20H24N4O/c1-20(2,3)18(21)19(25)22-12-14-8-10-15(11-9-14)24-13-23-16-6-4-5-7-17(16)24/h4-11,13,18H,12,21H2,1-3H3,(H,22,25)/t18-/m1/s1. The fourth-order valence-electron chi connectivity index (χ4n) is 2.63. The summed E-state index contributed by atoms with van der Waals surface area (Å²) in [6.07, 6.45) is 1.82. The highest BCUT2D eigenvalue weighted by Crippen LogP contribution is 2.19. The average Bonchev–Trinajstić information content (AvgIpc) is 3.03. The van der Waals surface area contributed by atoms with Gasteiger partial charge in [-0.1, -0.05) is 45.0 Å². The summed E-state index contributed by atoms with van der Waals surface area (Å²) in [5.74, 6) is -0.128. The molecule has 25 heavy (non-hydrogen) atoms. The van der Waals surface area contributed by atoms with Crippen molar-refractivity contribution in [2.45, 2.75) is 33.4 Å². The summed E-state index contributed by atoms with van der Waals surface area (Å²) < 4.78 is 2.05. The van der Waals surface area contributed by atoms with Crippen LogP contribution in [0.25, 0.3) is 16.7 Å². The quantitative estimate of drug-likeness (QED) is 0.769. The lowest BCUT2D eigenvalue weighted by molar-refractivity contribution is -0.124. The molecule has 1 heterocycles. The van der Waals surface area contributed by atoms with E-state index in [9.17, 15) is 4.79 Å². The van der Waals surface area contributed by atoms with Gasteiger partial charge in [0.1, 0.15) is 6.33 Å². The number of carbonyl (C=O) groups excluding carboxylic acids is 1. The number of hydrogen-bond acceptors (Lipinski definition) is 3. The molecule has 0 aliphatic heterocycles. The number of nitrogens with one attached hydrogen (secondary N) is 1. The summed E-state index contributed by atoms with van der Waals surface area (Å²) in [4.78, 5) is 16.5. The third-order valence-electron chi connectivity index (χ3n) is 4.35. The molecule has 3 N–H and O–H groups in total. The Morgan fingerprint density at radius 1 is 1.16 bits per heavy atom. The molecular weight excluding hydrogens is 312 g/mol. The number of para-hydroxylation sites is 2. The van der Waals surface area contributed by atoms with Gasteiger partial charge in [-0.3, -0.25) is 9.36 Å². The summed E-state index contributed by atoms with van der Waals surface area (Å²) in [5, 5.41) is 2.91. The van der Waals surface area contributed by atoms with Crippen LogP contribution >= 0.6 is 0 Å². The first kappa shape index (κ1) is 17.2. The minimum Gasteiger partial charge on any atom is -0.351 e. The van der Waals surface area contributed by atoms with Gasteiger partial charge in [-0.15, -0.1) is 0 Å². The SMILES string of the molecule is CC(C)(C)[C@H](N)C(=O)NCc1ccc(-n2cnc3ccccc32)cc1. The maximum atomic E-state index is 12.1. The highest BCUT2D eigenvalue weighted by atomic mass is 16.2. The van der Waals surface area contributed by atoms with E-state index < -0.39 is 6.04 Å². The van der Waals surface area contributed by atoms with E-state index in [-0.39, 0.29) is 11.3 Å². The Labute approximate surface area is 147 Å². The number of rotatable bonds is 4. The van der Waals surface area contributed by atoms with E-state index in [0.717, 1.165) is 22.3 Å². The zero-order chi connectivity index (χ0) is 18.0. The molecule has 0 fully saturated rings.